The van der Waals surface area contributed by atoms with Crippen LogP contribution < -0.4 is 5.32 Å². The molecular formula is C15H16ClN5O. The van der Waals surface area contributed by atoms with E-state index in [0.717, 1.165) is 16.7 Å². The molecule has 0 radical (unpaired) electrons. The summed E-state index contributed by atoms with van der Waals surface area (Å²) in [6, 6.07) is 7.75. The maximum atomic E-state index is 12.1. The SMILES string of the molecule is Cc1c(Cl)cnn1CCC(=O)Nc1nc2ccccc2n1C. The Morgan fingerprint density at radius 3 is 2.82 bits per heavy atom. The third kappa shape index (κ3) is 2.69. The van der Waals surface area contributed by atoms with Gasteiger partial charge in [-0.3, -0.25) is 14.8 Å². The van der Waals surface area contributed by atoms with E-state index in [1.54, 1.807) is 10.9 Å². The number of nitrogens with zero attached hydrogens (tertiary/aromatic N) is 4. The molecule has 0 fully saturated rings. The molecule has 7 heteroatoms. The van der Waals surface area contributed by atoms with Crippen molar-refractivity contribution in [1.82, 2.24) is 19.3 Å². The molecule has 0 saturated heterocycles. The number of carbonyl (C=O) groups excluding carboxylic acids is 1. The van der Waals surface area contributed by atoms with Gasteiger partial charge >= 0.3 is 0 Å². The monoisotopic (exact) mass is 317 g/mol. The largest absolute Gasteiger partial charge is 0.313 e. The molecule has 3 aromatic rings. The molecule has 3 rings (SSSR count). The standard InChI is InChI=1S/C15H16ClN5O/c1-10-11(16)9-17-21(10)8-7-14(22)19-15-18-12-5-3-4-6-13(12)20(15)2/h3-6,9H,7-8H2,1-2H3,(H,18,19,22). The van der Waals surface area contributed by atoms with E-state index in [4.69, 9.17) is 11.6 Å². The number of imidazole rings is 1. The first-order valence-electron chi connectivity index (χ1n) is 6.95. The highest BCUT2D eigenvalue weighted by Crippen LogP contribution is 2.18. The second kappa shape index (κ2) is 5.81. The quantitative estimate of drug-likeness (QED) is 0.804. The Balaban J connectivity index is 1.68. The molecule has 0 bridgehead atoms. The van der Waals surface area contributed by atoms with Gasteiger partial charge in [-0.25, -0.2) is 4.98 Å². The van der Waals surface area contributed by atoms with Crippen LogP contribution in [0.3, 0.4) is 0 Å². The van der Waals surface area contributed by atoms with E-state index in [1.165, 1.54) is 0 Å². The summed E-state index contributed by atoms with van der Waals surface area (Å²) in [5.41, 5.74) is 2.69. The van der Waals surface area contributed by atoms with Crippen LogP contribution in [-0.4, -0.2) is 25.2 Å². The summed E-state index contributed by atoms with van der Waals surface area (Å²) in [5.74, 6) is 0.436. The molecular weight excluding hydrogens is 302 g/mol. The van der Waals surface area contributed by atoms with E-state index >= 15 is 0 Å². The molecule has 6 nitrogen and oxygen atoms in total. The average molecular weight is 318 g/mol. The Kier molecular flexibility index (Phi) is 3.85. The van der Waals surface area contributed by atoms with Gasteiger partial charge in [0.2, 0.25) is 11.9 Å². The van der Waals surface area contributed by atoms with Crippen LogP contribution in [0.5, 0.6) is 0 Å². The Bertz CT molecular complexity index is 836. The number of carbonyl (C=O) groups is 1. The molecule has 0 unspecified atom stereocenters. The zero-order valence-corrected chi connectivity index (χ0v) is 13.1. The predicted molar refractivity (Wildman–Crippen MR) is 85.9 cm³/mol. The molecule has 1 amide bonds. The van der Waals surface area contributed by atoms with Gasteiger partial charge in [-0.15, -0.1) is 0 Å². The maximum absolute atomic E-state index is 12.1. The highest BCUT2D eigenvalue weighted by atomic mass is 35.5. The van der Waals surface area contributed by atoms with Crippen molar-refractivity contribution in [2.24, 2.45) is 7.05 Å². The summed E-state index contributed by atoms with van der Waals surface area (Å²) in [5, 5.41) is 7.57. The van der Waals surface area contributed by atoms with Crippen LogP contribution in [0.25, 0.3) is 11.0 Å². The van der Waals surface area contributed by atoms with Crippen LogP contribution in [-0.2, 0) is 18.4 Å². The Labute approximate surface area is 132 Å². The highest BCUT2D eigenvalue weighted by Gasteiger charge is 2.11. The number of nitrogens with one attached hydrogen (secondary N) is 1. The van der Waals surface area contributed by atoms with E-state index in [9.17, 15) is 4.79 Å². The highest BCUT2D eigenvalue weighted by molar-refractivity contribution is 6.31. The molecule has 0 aliphatic carbocycles. The lowest BCUT2D eigenvalue weighted by Gasteiger charge is -2.06. The van der Waals surface area contributed by atoms with E-state index in [2.05, 4.69) is 15.4 Å². The molecule has 0 aliphatic heterocycles. The fourth-order valence-corrected chi connectivity index (χ4v) is 2.44. The topological polar surface area (TPSA) is 64.7 Å². The number of hydrogen-bond donors (Lipinski definition) is 1. The van der Waals surface area contributed by atoms with Gasteiger partial charge in [0.25, 0.3) is 0 Å². The van der Waals surface area contributed by atoms with Crippen molar-refractivity contribution in [1.29, 1.82) is 0 Å². The molecule has 1 N–H and O–H groups in total. The lowest BCUT2D eigenvalue weighted by atomic mass is 10.3. The maximum Gasteiger partial charge on any atom is 0.228 e. The minimum Gasteiger partial charge on any atom is -0.313 e. The molecule has 0 saturated carbocycles. The van der Waals surface area contributed by atoms with Gasteiger partial charge in [0.05, 0.1) is 34.5 Å². The number of para-hydroxylation sites is 2. The number of fused-ring (bicyclic) bond motifs is 1. The van der Waals surface area contributed by atoms with Gasteiger partial charge in [-0.05, 0) is 19.1 Å². The van der Waals surface area contributed by atoms with Gasteiger partial charge in [-0.2, -0.15) is 5.10 Å². The van der Waals surface area contributed by atoms with Gasteiger partial charge in [-0.1, -0.05) is 23.7 Å². The predicted octanol–water partition coefficient (Wildman–Crippen LogP) is 2.76. The molecule has 114 valence electrons. The number of rotatable bonds is 4. The van der Waals surface area contributed by atoms with Crippen molar-refractivity contribution < 1.29 is 4.79 Å². The fraction of sp³-hybridized carbons (Fsp3) is 0.267. The number of aryl methyl sites for hydroxylation is 2. The van der Waals surface area contributed by atoms with Crippen molar-refractivity contribution in [3.8, 4) is 0 Å². The number of aromatic nitrogens is 4. The van der Waals surface area contributed by atoms with E-state index < -0.39 is 0 Å². The van der Waals surface area contributed by atoms with Crippen molar-refractivity contribution in [3.05, 3.63) is 41.2 Å². The van der Waals surface area contributed by atoms with Crippen LogP contribution in [0, 0.1) is 6.92 Å². The molecule has 0 aliphatic rings. The van der Waals surface area contributed by atoms with Crippen LogP contribution in [0.2, 0.25) is 5.02 Å². The van der Waals surface area contributed by atoms with Crippen LogP contribution >= 0.6 is 11.6 Å². The van der Waals surface area contributed by atoms with E-state index in [0.29, 0.717) is 23.9 Å². The zero-order chi connectivity index (χ0) is 15.7. The summed E-state index contributed by atoms with van der Waals surface area (Å²) in [6.45, 7) is 2.35. The molecule has 0 spiro atoms. The van der Waals surface area contributed by atoms with Crippen LogP contribution in [0.15, 0.2) is 30.5 Å². The van der Waals surface area contributed by atoms with Crippen molar-refractivity contribution in [3.63, 3.8) is 0 Å². The van der Waals surface area contributed by atoms with Crippen molar-refractivity contribution >= 4 is 34.5 Å². The molecule has 2 heterocycles. The molecule has 2 aromatic heterocycles. The average Bonchev–Trinajstić information content (AvgIpc) is 2.99. The minimum absolute atomic E-state index is 0.107. The number of hydrogen-bond acceptors (Lipinski definition) is 3. The van der Waals surface area contributed by atoms with Crippen LogP contribution in [0.1, 0.15) is 12.1 Å². The third-order valence-electron chi connectivity index (χ3n) is 3.63. The number of benzene rings is 1. The Morgan fingerprint density at radius 1 is 1.36 bits per heavy atom. The second-order valence-electron chi connectivity index (χ2n) is 5.08. The lowest BCUT2D eigenvalue weighted by molar-refractivity contribution is -0.116. The van der Waals surface area contributed by atoms with Crippen LogP contribution in [0.4, 0.5) is 5.95 Å². The lowest BCUT2D eigenvalue weighted by Crippen LogP contribution is -2.17. The number of halogens is 1. The van der Waals surface area contributed by atoms with Gasteiger partial charge in [0, 0.05) is 13.5 Å². The number of anilines is 1. The summed E-state index contributed by atoms with van der Waals surface area (Å²) < 4.78 is 3.58. The van der Waals surface area contributed by atoms with Crippen molar-refractivity contribution in [2.75, 3.05) is 5.32 Å². The normalized spacial score (nSPS) is 11.0. The first-order chi connectivity index (χ1) is 10.6. The summed E-state index contributed by atoms with van der Waals surface area (Å²) in [4.78, 5) is 16.5. The molecule has 1 aromatic carbocycles. The molecule has 0 atom stereocenters. The first kappa shape index (κ1) is 14.6. The summed E-state index contributed by atoms with van der Waals surface area (Å²) in [6.07, 6.45) is 1.89. The smallest absolute Gasteiger partial charge is 0.228 e. The van der Waals surface area contributed by atoms with Gasteiger partial charge in [0.15, 0.2) is 0 Å². The first-order valence-corrected chi connectivity index (χ1v) is 7.33. The van der Waals surface area contributed by atoms with E-state index in [-0.39, 0.29) is 5.91 Å². The van der Waals surface area contributed by atoms with E-state index in [1.807, 2.05) is 42.8 Å². The Hall–Kier alpha value is -2.34. The minimum atomic E-state index is -0.107. The number of amides is 1. The zero-order valence-electron chi connectivity index (χ0n) is 12.4. The van der Waals surface area contributed by atoms with Crippen molar-refractivity contribution in [2.45, 2.75) is 19.9 Å². The second-order valence-corrected chi connectivity index (χ2v) is 5.49. The summed E-state index contributed by atoms with van der Waals surface area (Å²) in [7, 11) is 1.88. The molecule has 22 heavy (non-hydrogen) atoms. The fourth-order valence-electron chi connectivity index (χ4n) is 2.30. The third-order valence-corrected chi connectivity index (χ3v) is 4.00. The summed E-state index contributed by atoms with van der Waals surface area (Å²) >= 11 is 5.94. The Morgan fingerprint density at radius 2 is 2.14 bits per heavy atom. The van der Waals surface area contributed by atoms with Gasteiger partial charge in [0.1, 0.15) is 0 Å². The van der Waals surface area contributed by atoms with Gasteiger partial charge < -0.3 is 4.57 Å².